The zero-order valence-electron chi connectivity index (χ0n) is 18.7. The van der Waals surface area contributed by atoms with Crippen molar-refractivity contribution in [2.75, 3.05) is 18.4 Å². The molecular formula is C27H26ClN3O3. The Kier molecular flexibility index (Phi) is 7.60. The standard InChI is InChI=1S/C27H26ClN3O3/c28-23-10-6-21(7-11-23)25(32)29-24-12-8-22(9-13-24)26(33)30-27(34)31-16-14-20(15-17-31)18-19-4-2-1-3-5-19/h1-13,20H,14-18H2,(H,29,32)(H,30,33,34). The number of rotatable bonds is 5. The number of carbonyl (C=O) groups excluding carboxylic acids is 3. The summed E-state index contributed by atoms with van der Waals surface area (Å²) >= 11 is 5.85. The first-order chi connectivity index (χ1) is 16.5. The lowest BCUT2D eigenvalue weighted by molar-refractivity contribution is 0.0944. The zero-order chi connectivity index (χ0) is 23.9. The third kappa shape index (κ3) is 6.23. The average molecular weight is 476 g/mol. The molecule has 0 spiro atoms. The third-order valence-electron chi connectivity index (χ3n) is 6.00. The number of anilines is 1. The largest absolute Gasteiger partial charge is 0.324 e. The fourth-order valence-electron chi connectivity index (χ4n) is 4.05. The van der Waals surface area contributed by atoms with Gasteiger partial charge in [-0.05, 0) is 79.3 Å². The Morgan fingerprint density at radius 2 is 1.38 bits per heavy atom. The van der Waals surface area contributed by atoms with Gasteiger partial charge < -0.3 is 10.2 Å². The molecule has 4 rings (SSSR count). The number of nitrogens with one attached hydrogen (secondary N) is 2. The lowest BCUT2D eigenvalue weighted by Gasteiger charge is -2.31. The Morgan fingerprint density at radius 3 is 2.03 bits per heavy atom. The van der Waals surface area contributed by atoms with Crippen LogP contribution in [0.25, 0.3) is 0 Å². The summed E-state index contributed by atoms with van der Waals surface area (Å²) in [6.45, 7) is 1.26. The van der Waals surface area contributed by atoms with Crippen LogP contribution in [-0.4, -0.2) is 35.8 Å². The lowest BCUT2D eigenvalue weighted by Crippen LogP contribution is -2.46. The number of benzene rings is 3. The van der Waals surface area contributed by atoms with Crippen LogP contribution in [-0.2, 0) is 6.42 Å². The van der Waals surface area contributed by atoms with Crippen LogP contribution in [0.15, 0.2) is 78.9 Å². The summed E-state index contributed by atoms with van der Waals surface area (Å²) in [7, 11) is 0. The molecule has 3 aromatic carbocycles. The van der Waals surface area contributed by atoms with Gasteiger partial charge in [-0.15, -0.1) is 0 Å². The maximum absolute atomic E-state index is 12.6. The van der Waals surface area contributed by atoms with Gasteiger partial charge in [0.1, 0.15) is 0 Å². The van der Waals surface area contributed by atoms with Crippen LogP contribution in [0.1, 0.15) is 39.1 Å². The van der Waals surface area contributed by atoms with Gasteiger partial charge in [-0.25, -0.2) is 4.79 Å². The fraction of sp³-hybridized carbons (Fsp3) is 0.222. The van der Waals surface area contributed by atoms with Gasteiger partial charge in [0.2, 0.25) is 0 Å². The first-order valence-corrected chi connectivity index (χ1v) is 11.7. The van der Waals surface area contributed by atoms with E-state index < -0.39 is 5.91 Å². The fourth-order valence-corrected chi connectivity index (χ4v) is 4.17. The van der Waals surface area contributed by atoms with Gasteiger partial charge in [-0.3, -0.25) is 14.9 Å². The van der Waals surface area contributed by atoms with E-state index >= 15 is 0 Å². The first-order valence-electron chi connectivity index (χ1n) is 11.3. The van der Waals surface area contributed by atoms with E-state index in [4.69, 9.17) is 11.6 Å². The van der Waals surface area contributed by atoms with Crippen LogP contribution in [0.4, 0.5) is 10.5 Å². The highest BCUT2D eigenvalue weighted by molar-refractivity contribution is 6.30. The summed E-state index contributed by atoms with van der Waals surface area (Å²) in [6.07, 6.45) is 2.84. The van der Waals surface area contributed by atoms with Crippen molar-refractivity contribution in [3.63, 3.8) is 0 Å². The van der Waals surface area contributed by atoms with Crippen molar-refractivity contribution >= 4 is 35.1 Å². The topological polar surface area (TPSA) is 78.5 Å². The van der Waals surface area contributed by atoms with Crippen molar-refractivity contribution in [2.45, 2.75) is 19.3 Å². The summed E-state index contributed by atoms with van der Waals surface area (Å²) in [4.78, 5) is 39.1. The molecule has 1 aliphatic rings. The van der Waals surface area contributed by atoms with Crippen molar-refractivity contribution in [3.8, 4) is 0 Å². The van der Waals surface area contributed by atoms with Crippen LogP contribution in [0, 0.1) is 5.92 Å². The van der Waals surface area contributed by atoms with Gasteiger partial charge in [0.15, 0.2) is 0 Å². The maximum atomic E-state index is 12.6. The molecule has 34 heavy (non-hydrogen) atoms. The van der Waals surface area contributed by atoms with E-state index in [-0.39, 0.29) is 11.9 Å². The number of hydrogen-bond donors (Lipinski definition) is 2. The predicted molar refractivity (Wildman–Crippen MR) is 133 cm³/mol. The zero-order valence-corrected chi connectivity index (χ0v) is 19.4. The molecule has 0 unspecified atom stereocenters. The molecule has 1 aliphatic heterocycles. The summed E-state index contributed by atoms with van der Waals surface area (Å²) in [5.41, 5.74) is 2.68. The van der Waals surface area contributed by atoms with Gasteiger partial charge in [-0.1, -0.05) is 41.9 Å². The van der Waals surface area contributed by atoms with Gasteiger partial charge in [0.05, 0.1) is 0 Å². The summed E-state index contributed by atoms with van der Waals surface area (Å²) in [5, 5.41) is 5.79. The van der Waals surface area contributed by atoms with Crippen LogP contribution < -0.4 is 10.6 Å². The maximum Gasteiger partial charge on any atom is 0.324 e. The van der Waals surface area contributed by atoms with E-state index in [0.29, 0.717) is 40.8 Å². The number of nitrogens with zero attached hydrogens (tertiary/aromatic N) is 1. The SMILES string of the molecule is O=C(NC(=O)N1CCC(Cc2ccccc2)CC1)c1ccc(NC(=O)c2ccc(Cl)cc2)cc1. The number of likely N-dealkylation sites (tertiary alicyclic amines) is 1. The molecule has 1 fully saturated rings. The molecule has 7 heteroatoms. The number of piperidine rings is 1. The van der Waals surface area contributed by atoms with Gasteiger partial charge in [0.25, 0.3) is 11.8 Å². The predicted octanol–water partition coefficient (Wildman–Crippen LogP) is 5.40. The first kappa shape index (κ1) is 23.5. The number of hydrogen-bond acceptors (Lipinski definition) is 3. The van der Waals surface area contributed by atoms with Crippen molar-refractivity contribution in [2.24, 2.45) is 5.92 Å². The van der Waals surface area contributed by atoms with Crippen LogP contribution >= 0.6 is 11.6 Å². The van der Waals surface area contributed by atoms with E-state index in [1.54, 1.807) is 53.4 Å². The van der Waals surface area contributed by atoms with Crippen molar-refractivity contribution < 1.29 is 14.4 Å². The Morgan fingerprint density at radius 1 is 0.794 bits per heavy atom. The second kappa shape index (κ2) is 11.0. The van der Waals surface area contributed by atoms with Crippen molar-refractivity contribution in [1.29, 1.82) is 0 Å². The molecule has 3 aromatic rings. The molecule has 0 aromatic heterocycles. The molecule has 0 saturated carbocycles. The van der Waals surface area contributed by atoms with E-state index in [1.807, 2.05) is 18.2 Å². The summed E-state index contributed by atoms with van der Waals surface area (Å²) in [6, 6.07) is 23.0. The monoisotopic (exact) mass is 475 g/mol. The van der Waals surface area contributed by atoms with Crippen LogP contribution in [0.2, 0.25) is 5.02 Å². The molecule has 0 atom stereocenters. The minimum Gasteiger partial charge on any atom is -0.324 e. The summed E-state index contributed by atoms with van der Waals surface area (Å²) in [5.74, 6) is -0.204. The highest BCUT2D eigenvalue weighted by Gasteiger charge is 2.24. The quantitative estimate of drug-likeness (QED) is 0.518. The molecule has 6 nitrogen and oxygen atoms in total. The second-order valence-electron chi connectivity index (χ2n) is 8.42. The average Bonchev–Trinajstić information content (AvgIpc) is 2.86. The number of amides is 4. The molecule has 1 heterocycles. The number of urea groups is 1. The molecule has 0 bridgehead atoms. The Hall–Kier alpha value is -3.64. The Balaban J connectivity index is 1.25. The van der Waals surface area contributed by atoms with E-state index in [0.717, 1.165) is 19.3 Å². The van der Waals surface area contributed by atoms with Gasteiger partial charge in [0, 0.05) is 34.9 Å². The van der Waals surface area contributed by atoms with Gasteiger partial charge in [-0.2, -0.15) is 0 Å². The van der Waals surface area contributed by atoms with E-state index in [2.05, 4.69) is 22.8 Å². The van der Waals surface area contributed by atoms with Gasteiger partial charge >= 0.3 is 6.03 Å². The molecule has 174 valence electrons. The minimum atomic E-state index is -0.466. The van der Waals surface area contributed by atoms with E-state index in [9.17, 15) is 14.4 Å². The van der Waals surface area contributed by atoms with Crippen LogP contribution in [0.3, 0.4) is 0 Å². The Bertz CT molecular complexity index is 1140. The number of halogens is 1. The molecule has 2 N–H and O–H groups in total. The highest BCUT2D eigenvalue weighted by atomic mass is 35.5. The third-order valence-corrected chi connectivity index (χ3v) is 6.25. The molecule has 0 radical (unpaired) electrons. The Labute approximate surface area is 203 Å². The van der Waals surface area contributed by atoms with Crippen LogP contribution in [0.5, 0.6) is 0 Å². The number of imide groups is 1. The highest BCUT2D eigenvalue weighted by Crippen LogP contribution is 2.22. The second-order valence-corrected chi connectivity index (χ2v) is 8.85. The molecular weight excluding hydrogens is 450 g/mol. The number of carbonyl (C=O) groups is 3. The van der Waals surface area contributed by atoms with E-state index in [1.165, 1.54) is 5.56 Å². The smallest absolute Gasteiger partial charge is 0.324 e. The van der Waals surface area contributed by atoms with Crippen molar-refractivity contribution in [3.05, 3.63) is 101 Å². The molecule has 1 saturated heterocycles. The minimum absolute atomic E-state index is 0.278. The van der Waals surface area contributed by atoms with Crippen molar-refractivity contribution in [1.82, 2.24) is 10.2 Å². The lowest BCUT2D eigenvalue weighted by atomic mass is 9.90. The summed E-state index contributed by atoms with van der Waals surface area (Å²) < 4.78 is 0. The molecule has 0 aliphatic carbocycles. The normalized spacial score (nSPS) is 13.9. The molecule has 4 amide bonds.